The van der Waals surface area contributed by atoms with E-state index in [1.165, 1.54) is 10.8 Å². The molecule has 2 aromatic carbocycles. The zero-order chi connectivity index (χ0) is 17.9. The minimum absolute atomic E-state index is 0.147. The Hall–Kier alpha value is -1.91. The predicted molar refractivity (Wildman–Crippen MR) is 106 cm³/mol. The van der Waals surface area contributed by atoms with Gasteiger partial charge >= 0.3 is 0 Å². The standard InChI is InChI=1S/C21H27NO2Si/c1-16-19(15-14-17-10-6-4-7-11-17)22-24-20(16)21(23)25(2,3)18-12-8-5-9-13-18/h4-13,16,20-21,23H,14-15H2,1-3H3/t16-,20-,21-/m0/s1. The van der Waals surface area contributed by atoms with Gasteiger partial charge in [0, 0.05) is 5.92 Å². The van der Waals surface area contributed by atoms with Gasteiger partial charge in [0.15, 0.2) is 6.10 Å². The molecule has 0 aromatic heterocycles. The van der Waals surface area contributed by atoms with Crippen molar-refractivity contribution in [2.45, 2.75) is 44.7 Å². The van der Waals surface area contributed by atoms with E-state index in [4.69, 9.17) is 4.84 Å². The summed E-state index contributed by atoms with van der Waals surface area (Å²) in [7, 11) is -2.05. The van der Waals surface area contributed by atoms with Crippen molar-refractivity contribution in [3.05, 3.63) is 66.2 Å². The number of hydrogen-bond donors (Lipinski definition) is 1. The first-order valence-electron chi connectivity index (χ1n) is 9.00. The lowest BCUT2D eigenvalue weighted by Crippen LogP contribution is -2.58. The van der Waals surface area contributed by atoms with E-state index in [1.54, 1.807) is 0 Å². The number of aryl methyl sites for hydroxylation is 1. The zero-order valence-corrected chi connectivity index (χ0v) is 16.2. The number of rotatable bonds is 6. The van der Waals surface area contributed by atoms with Crippen molar-refractivity contribution in [2.24, 2.45) is 11.1 Å². The zero-order valence-electron chi connectivity index (χ0n) is 15.2. The molecule has 0 aliphatic carbocycles. The Labute approximate surface area is 151 Å². The predicted octanol–water partition coefficient (Wildman–Crippen LogP) is 3.53. The van der Waals surface area contributed by atoms with E-state index >= 15 is 0 Å². The Balaban J connectivity index is 1.65. The molecule has 1 aliphatic heterocycles. The van der Waals surface area contributed by atoms with Crippen LogP contribution >= 0.6 is 0 Å². The van der Waals surface area contributed by atoms with Crippen molar-refractivity contribution in [3.8, 4) is 0 Å². The van der Waals surface area contributed by atoms with Gasteiger partial charge in [-0.2, -0.15) is 0 Å². The molecule has 132 valence electrons. The van der Waals surface area contributed by atoms with Crippen LogP contribution in [0.5, 0.6) is 0 Å². The van der Waals surface area contributed by atoms with Gasteiger partial charge in [0.05, 0.1) is 11.4 Å². The Morgan fingerprint density at radius 2 is 1.60 bits per heavy atom. The van der Waals surface area contributed by atoms with Crippen LogP contribution in [0.3, 0.4) is 0 Å². The normalized spacial score (nSPS) is 21.5. The summed E-state index contributed by atoms with van der Waals surface area (Å²) in [5, 5.41) is 16.6. The summed E-state index contributed by atoms with van der Waals surface area (Å²) in [5.74, 6) is 0.147. The van der Waals surface area contributed by atoms with Crippen molar-refractivity contribution in [1.82, 2.24) is 0 Å². The molecule has 1 aliphatic rings. The topological polar surface area (TPSA) is 41.8 Å². The number of oxime groups is 1. The summed E-state index contributed by atoms with van der Waals surface area (Å²) < 4.78 is 0. The van der Waals surface area contributed by atoms with Gasteiger partial charge in [-0.15, -0.1) is 0 Å². The number of nitrogens with zero attached hydrogens (tertiary/aromatic N) is 1. The van der Waals surface area contributed by atoms with Crippen LogP contribution in [0, 0.1) is 5.92 Å². The van der Waals surface area contributed by atoms with E-state index in [-0.39, 0.29) is 12.0 Å². The summed E-state index contributed by atoms with van der Waals surface area (Å²) >= 11 is 0. The van der Waals surface area contributed by atoms with Crippen molar-refractivity contribution in [3.63, 3.8) is 0 Å². The molecule has 3 atom stereocenters. The highest BCUT2D eigenvalue weighted by Crippen LogP contribution is 2.28. The molecule has 2 aromatic rings. The average molecular weight is 354 g/mol. The molecule has 0 unspecified atom stereocenters. The van der Waals surface area contributed by atoms with Crippen molar-refractivity contribution >= 4 is 19.0 Å². The quantitative estimate of drug-likeness (QED) is 0.807. The number of hydrogen-bond acceptors (Lipinski definition) is 3. The molecule has 3 nitrogen and oxygen atoms in total. The fourth-order valence-electron chi connectivity index (χ4n) is 3.46. The number of benzene rings is 2. The summed E-state index contributed by atoms with van der Waals surface area (Å²) in [5.41, 5.74) is 1.88. The lowest BCUT2D eigenvalue weighted by Gasteiger charge is -2.33. The van der Waals surface area contributed by atoms with E-state index in [1.807, 2.05) is 24.3 Å². The molecule has 0 radical (unpaired) electrons. The fraction of sp³-hybridized carbons (Fsp3) is 0.381. The summed E-state index contributed by atoms with van der Waals surface area (Å²) in [4.78, 5) is 5.71. The molecule has 0 amide bonds. The van der Waals surface area contributed by atoms with E-state index in [2.05, 4.69) is 61.6 Å². The third kappa shape index (κ3) is 3.85. The Morgan fingerprint density at radius 3 is 2.24 bits per heavy atom. The smallest absolute Gasteiger partial charge is 0.158 e. The second kappa shape index (κ2) is 7.54. The second-order valence-corrected chi connectivity index (χ2v) is 12.1. The maximum absolute atomic E-state index is 11.1. The SMILES string of the molecule is C[C@H]1C(CCc2ccccc2)=NO[C@@H]1[C@@H](O)[Si](C)(C)c1ccccc1. The van der Waals surface area contributed by atoms with Crippen molar-refractivity contribution < 1.29 is 9.94 Å². The molecule has 0 saturated carbocycles. The molecular formula is C21H27NO2Si. The third-order valence-corrected chi connectivity index (χ3v) is 9.02. The summed E-state index contributed by atoms with van der Waals surface area (Å²) in [6.07, 6.45) is 1.59. The summed E-state index contributed by atoms with van der Waals surface area (Å²) in [6.45, 7) is 6.52. The van der Waals surface area contributed by atoms with E-state index in [9.17, 15) is 5.11 Å². The minimum atomic E-state index is -2.05. The lowest BCUT2D eigenvalue weighted by atomic mass is 9.95. The molecule has 1 N–H and O–H groups in total. The molecule has 0 bridgehead atoms. The van der Waals surface area contributed by atoms with Gasteiger partial charge in [-0.25, -0.2) is 0 Å². The van der Waals surface area contributed by atoms with Crippen molar-refractivity contribution in [1.29, 1.82) is 0 Å². The molecule has 25 heavy (non-hydrogen) atoms. The Bertz CT molecular complexity index is 715. The first-order valence-corrected chi connectivity index (χ1v) is 12.1. The molecule has 0 saturated heterocycles. The maximum atomic E-state index is 11.1. The van der Waals surface area contributed by atoms with Crippen LogP contribution in [0.4, 0.5) is 0 Å². The first kappa shape index (κ1) is 17.9. The van der Waals surface area contributed by atoms with E-state index in [0.717, 1.165) is 18.6 Å². The van der Waals surface area contributed by atoms with Crippen LogP contribution in [0.25, 0.3) is 0 Å². The van der Waals surface area contributed by atoms with Crippen LogP contribution in [0.15, 0.2) is 65.8 Å². The van der Waals surface area contributed by atoms with E-state index < -0.39 is 13.8 Å². The molecule has 0 fully saturated rings. The fourth-order valence-corrected chi connectivity index (χ4v) is 6.03. The van der Waals surface area contributed by atoms with Crippen LogP contribution in [0.1, 0.15) is 18.9 Å². The highest BCUT2D eigenvalue weighted by atomic mass is 28.3. The average Bonchev–Trinajstić information content (AvgIpc) is 3.01. The van der Waals surface area contributed by atoms with Gasteiger partial charge < -0.3 is 9.94 Å². The van der Waals surface area contributed by atoms with Crippen LogP contribution in [-0.2, 0) is 11.3 Å². The molecule has 4 heteroatoms. The monoisotopic (exact) mass is 353 g/mol. The highest BCUT2D eigenvalue weighted by molar-refractivity contribution is 6.90. The molecular weight excluding hydrogens is 326 g/mol. The summed E-state index contributed by atoms with van der Waals surface area (Å²) in [6, 6.07) is 20.8. The Kier molecular flexibility index (Phi) is 5.40. The second-order valence-electron chi connectivity index (χ2n) is 7.46. The molecule has 3 rings (SSSR count). The minimum Gasteiger partial charge on any atom is -0.392 e. The van der Waals surface area contributed by atoms with Crippen molar-refractivity contribution in [2.75, 3.05) is 0 Å². The van der Waals surface area contributed by atoms with Crippen LogP contribution < -0.4 is 5.19 Å². The number of aliphatic hydroxyl groups excluding tert-OH is 1. The third-order valence-electron chi connectivity index (χ3n) is 5.39. The molecule has 1 heterocycles. The first-order chi connectivity index (χ1) is 12.0. The van der Waals surface area contributed by atoms with Gasteiger partial charge in [0.1, 0.15) is 8.07 Å². The lowest BCUT2D eigenvalue weighted by molar-refractivity contribution is -0.00173. The van der Waals surface area contributed by atoms with Gasteiger partial charge in [0.2, 0.25) is 0 Å². The van der Waals surface area contributed by atoms with Gasteiger partial charge in [-0.3, -0.25) is 0 Å². The Morgan fingerprint density at radius 1 is 1.00 bits per heavy atom. The number of aliphatic hydroxyl groups is 1. The van der Waals surface area contributed by atoms with Gasteiger partial charge in [-0.05, 0) is 18.4 Å². The van der Waals surface area contributed by atoms with Gasteiger partial charge in [0.25, 0.3) is 0 Å². The molecule has 0 spiro atoms. The highest BCUT2D eigenvalue weighted by Gasteiger charge is 2.45. The van der Waals surface area contributed by atoms with E-state index in [0.29, 0.717) is 0 Å². The largest absolute Gasteiger partial charge is 0.392 e. The van der Waals surface area contributed by atoms with Crippen LogP contribution in [0.2, 0.25) is 13.1 Å². The maximum Gasteiger partial charge on any atom is 0.158 e. The van der Waals surface area contributed by atoms with Crippen LogP contribution in [-0.4, -0.2) is 30.7 Å². The van der Waals surface area contributed by atoms with Gasteiger partial charge in [-0.1, -0.05) is 91.0 Å².